The molecule has 0 atom stereocenters. The van der Waals surface area contributed by atoms with Gasteiger partial charge in [-0.05, 0) is 28.9 Å². The van der Waals surface area contributed by atoms with Gasteiger partial charge < -0.3 is 9.63 Å². The van der Waals surface area contributed by atoms with Crippen molar-refractivity contribution in [3.8, 4) is 0 Å². The van der Waals surface area contributed by atoms with Crippen LogP contribution in [0.4, 0.5) is 5.82 Å². The summed E-state index contributed by atoms with van der Waals surface area (Å²) in [5.74, 6) is -0.704. The third-order valence-electron chi connectivity index (χ3n) is 2.02. The number of carbonyl (C=O) groups is 1. The Kier molecular flexibility index (Phi) is 3.65. The quantitative estimate of drug-likeness (QED) is 0.858. The molecule has 0 unspecified atom stereocenters. The van der Waals surface area contributed by atoms with E-state index in [4.69, 9.17) is 9.63 Å². The number of aromatic nitrogens is 1. The maximum atomic E-state index is 12.1. The van der Waals surface area contributed by atoms with Gasteiger partial charge in [-0.25, -0.2) is 13.2 Å². The smallest absolute Gasteiger partial charge is 0.345 e. The van der Waals surface area contributed by atoms with Crippen LogP contribution < -0.4 is 4.72 Å². The Morgan fingerprint density at radius 2 is 2.21 bits per heavy atom. The third-order valence-corrected chi connectivity index (χ3v) is 5.62. The molecule has 10 heteroatoms. The van der Waals surface area contributed by atoms with Crippen molar-refractivity contribution in [2.24, 2.45) is 0 Å². The Balaban J connectivity index is 2.37. The zero-order valence-electron chi connectivity index (χ0n) is 9.38. The van der Waals surface area contributed by atoms with Gasteiger partial charge >= 0.3 is 5.97 Å². The van der Waals surface area contributed by atoms with E-state index in [2.05, 4.69) is 25.8 Å². The van der Waals surface area contributed by atoms with Crippen LogP contribution in [0, 0.1) is 6.92 Å². The molecule has 2 heterocycles. The molecule has 0 fully saturated rings. The van der Waals surface area contributed by atoms with Gasteiger partial charge in [-0.15, -0.1) is 11.3 Å². The first-order chi connectivity index (χ1) is 8.79. The van der Waals surface area contributed by atoms with E-state index in [1.54, 1.807) is 6.92 Å². The molecule has 102 valence electrons. The van der Waals surface area contributed by atoms with Gasteiger partial charge in [-0.2, -0.15) is 0 Å². The number of rotatable bonds is 4. The second-order valence-electron chi connectivity index (χ2n) is 3.48. The second kappa shape index (κ2) is 4.94. The topological polar surface area (TPSA) is 110 Å². The Morgan fingerprint density at radius 3 is 2.68 bits per heavy atom. The average molecular weight is 367 g/mol. The molecule has 0 bridgehead atoms. The van der Waals surface area contributed by atoms with E-state index in [-0.39, 0.29) is 19.4 Å². The van der Waals surface area contributed by atoms with Crippen molar-refractivity contribution in [2.75, 3.05) is 4.72 Å². The number of nitrogens with one attached hydrogen (secondary N) is 1. The number of nitrogens with zero attached hydrogens (tertiary/aromatic N) is 1. The fraction of sp³-hybridized carbons (Fsp3) is 0.111. The zero-order chi connectivity index (χ0) is 14.2. The lowest BCUT2D eigenvalue weighted by atomic mass is 10.5. The molecule has 0 amide bonds. The number of carboxylic acid groups (broad SMARTS) is 1. The minimum absolute atomic E-state index is 0.0347. The maximum absolute atomic E-state index is 12.1. The lowest BCUT2D eigenvalue weighted by molar-refractivity contribution is 0.0702. The number of hydrogen-bond acceptors (Lipinski definition) is 6. The third kappa shape index (κ3) is 2.96. The molecule has 2 rings (SSSR count). The summed E-state index contributed by atoms with van der Waals surface area (Å²) >= 11 is 3.85. The van der Waals surface area contributed by atoms with Crippen LogP contribution in [-0.4, -0.2) is 24.7 Å². The number of aryl methyl sites for hydroxylation is 1. The van der Waals surface area contributed by atoms with Crippen molar-refractivity contribution >= 4 is 49.1 Å². The van der Waals surface area contributed by atoms with Gasteiger partial charge in [-0.3, -0.25) is 4.72 Å². The average Bonchev–Trinajstić information content (AvgIpc) is 2.85. The van der Waals surface area contributed by atoms with Crippen LogP contribution >= 0.6 is 27.3 Å². The Morgan fingerprint density at radius 1 is 1.53 bits per heavy atom. The molecular formula is C9H7BrN2O5S2. The maximum Gasteiger partial charge on any atom is 0.345 e. The summed E-state index contributed by atoms with van der Waals surface area (Å²) in [5, 5.41) is 12.3. The minimum Gasteiger partial charge on any atom is -0.477 e. The number of sulfonamides is 1. The van der Waals surface area contributed by atoms with Crippen LogP contribution in [0.5, 0.6) is 0 Å². The molecule has 0 radical (unpaired) electrons. The second-order valence-corrected chi connectivity index (χ2v) is 7.50. The predicted molar refractivity (Wildman–Crippen MR) is 71.0 cm³/mol. The molecule has 0 aromatic carbocycles. The lowest BCUT2D eigenvalue weighted by Gasteiger charge is -2.02. The summed E-state index contributed by atoms with van der Waals surface area (Å²) in [7, 11) is -3.92. The Hall–Kier alpha value is -1.39. The largest absolute Gasteiger partial charge is 0.477 e. The van der Waals surface area contributed by atoms with Crippen LogP contribution in [0.1, 0.15) is 15.4 Å². The van der Waals surface area contributed by atoms with Gasteiger partial charge in [0.15, 0.2) is 5.82 Å². The SMILES string of the molecule is Cc1cc(NS(=O)(=O)c2cc(C(=O)O)sc2Br)no1. The standard InChI is InChI=1S/C9H7BrN2O5S2/c1-4-2-7(11-17-4)12-19(15,16)6-3-5(9(13)14)18-8(6)10/h2-3H,1H3,(H,11,12)(H,13,14). The van der Waals surface area contributed by atoms with Crippen LogP contribution in [0.15, 0.2) is 25.3 Å². The summed E-state index contributed by atoms with van der Waals surface area (Å²) in [6, 6.07) is 2.49. The molecule has 2 N–H and O–H groups in total. The minimum atomic E-state index is -3.92. The van der Waals surface area contributed by atoms with Gasteiger partial charge in [0.1, 0.15) is 15.5 Å². The van der Waals surface area contributed by atoms with E-state index in [1.807, 2.05) is 0 Å². The van der Waals surface area contributed by atoms with Crippen LogP contribution in [0.2, 0.25) is 0 Å². The number of thiophene rings is 1. The van der Waals surface area contributed by atoms with E-state index in [0.717, 1.165) is 17.4 Å². The molecule has 0 spiro atoms. The molecule has 0 saturated heterocycles. The summed E-state index contributed by atoms with van der Waals surface area (Å²) in [4.78, 5) is 10.6. The summed E-state index contributed by atoms with van der Waals surface area (Å²) in [6.07, 6.45) is 0. The molecule has 7 nitrogen and oxygen atoms in total. The number of halogens is 1. The lowest BCUT2D eigenvalue weighted by Crippen LogP contribution is -2.12. The number of carboxylic acids is 1. The molecule has 19 heavy (non-hydrogen) atoms. The summed E-state index contributed by atoms with van der Waals surface area (Å²) < 4.78 is 31.3. The first kappa shape index (κ1) is 14.0. The van der Waals surface area contributed by atoms with Gasteiger partial charge in [0.25, 0.3) is 10.0 Å². The van der Waals surface area contributed by atoms with Crippen molar-refractivity contribution in [1.82, 2.24) is 5.16 Å². The Bertz CT molecular complexity index is 734. The molecule has 2 aromatic heterocycles. The molecule has 2 aromatic rings. The monoisotopic (exact) mass is 366 g/mol. The first-order valence-corrected chi connectivity index (χ1v) is 7.87. The van der Waals surface area contributed by atoms with Crippen LogP contribution in [-0.2, 0) is 10.0 Å². The predicted octanol–water partition coefficient (Wildman–Crippen LogP) is 2.31. The normalized spacial score (nSPS) is 11.5. The first-order valence-electron chi connectivity index (χ1n) is 4.78. The number of hydrogen-bond donors (Lipinski definition) is 2. The molecule has 0 aliphatic carbocycles. The fourth-order valence-corrected chi connectivity index (χ4v) is 4.64. The van der Waals surface area contributed by atoms with Crippen molar-refractivity contribution < 1.29 is 22.8 Å². The molecule has 0 aliphatic rings. The van der Waals surface area contributed by atoms with Crippen molar-refractivity contribution in [1.29, 1.82) is 0 Å². The van der Waals surface area contributed by atoms with E-state index >= 15 is 0 Å². The number of anilines is 1. The fourth-order valence-electron chi connectivity index (χ4n) is 1.25. The van der Waals surface area contributed by atoms with Gasteiger partial charge in [0.2, 0.25) is 0 Å². The van der Waals surface area contributed by atoms with E-state index < -0.39 is 16.0 Å². The molecule has 0 aliphatic heterocycles. The van der Waals surface area contributed by atoms with Gasteiger partial charge in [0, 0.05) is 6.07 Å². The van der Waals surface area contributed by atoms with Crippen LogP contribution in [0.3, 0.4) is 0 Å². The zero-order valence-corrected chi connectivity index (χ0v) is 12.6. The van der Waals surface area contributed by atoms with Crippen molar-refractivity contribution in [2.45, 2.75) is 11.8 Å². The van der Waals surface area contributed by atoms with Gasteiger partial charge in [0.05, 0.1) is 3.79 Å². The van der Waals surface area contributed by atoms with E-state index in [1.165, 1.54) is 6.07 Å². The molecular weight excluding hydrogens is 360 g/mol. The highest BCUT2D eigenvalue weighted by Crippen LogP contribution is 2.32. The summed E-state index contributed by atoms with van der Waals surface area (Å²) in [6.45, 7) is 1.62. The van der Waals surface area contributed by atoms with Crippen molar-refractivity contribution in [3.05, 3.63) is 26.6 Å². The Labute approximate surface area is 120 Å². The van der Waals surface area contributed by atoms with Crippen molar-refractivity contribution in [3.63, 3.8) is 0 Å². The highest BCUT2D eigenvalue weighted by atomic mass is 79.9. The highest BCUT2D eigenvalue weighted by Gasteiger charge is 2.24. The molecule has 0 saturated carbocycles. The highest BCUT2D eigenvalue weighted by molar-refractivity contribution is 9.11. The van der Waals surface area contributed by atoms with Gasteiger partial charge in [-0.1, -0.05) is 5.16 Å². The van der Waals surface area contributed by atoms with Crippen LogP contribution in [0.25, 0.3) is 0 Å². The van der Waals surface area contributed by atoms with E-state index in [9.17, 15) is 13.2 Å². The van der Waals surface area contributed by atoms with E-state index in [0.29, 0.717) is 5.76 Å². The number of aromatic carboxylic acids is 1. The summed E-state index contributed by atoms with van der Waals surface area (Å²) in [5.41, 5.74) is 0.